The number of carbonyl (C=O) groups is 1. The smallest absolute Gasteiger partial charge is 0.292 e. The van der Waals surface area contributed by atoms with Crippen molar-refractivity contribution in [2.75, 3.05) is 0 Å². The van der Waals surface area contributed by atoms with Crippen LogP contribution in [0.2, 0.25) is 18.6 Å². The molecule has 0 rings (SSSR count). The van der Waals surface area contributed by atoms with E-state index in [9.17, 15) is 4.79 Å². The van der Waals surface area contributed by atoms with E-state index in [1.54, 1.807) is 0 Å². The quantitative estimate of drug-likeness (QED) is 0.171. The molecule has 0 saturated carbocycles. The van der Waals surface area contributed by atoms with Gasteiger partial charge in [0.1, 0.15) is 0 Å². The highest BCUT2D eigenvalue weighted by Crippen LogP contribution is 2.24. The van der Waals surface area contributed by atoms with Crippen LogP contribution in [0.15, 0.2) is 12.7 Å². The summed E-state index contributed by atoms with van der Waals surface area (Å²) in [6.07, 6.45) is 15.7. The second-order valence-corrected chi connectivity index (χ2v) is 11.2. The summed E-state index contributed by atoms with van der Waals surface area (Å²) >= 11 is 0. The van der Waals surface area contributed by atoms with Gasteiger partial charge in [0.25, 0.3) is 14.3 Å². The Morgan fingerprint density at radius 1 is 0.913 bits per heavy atom. The van der Waals surface area contributed by atoms with E-state index in [1.807, 2.05) is 6.08 Å². The second kappa shape index (κ2) is 15.0. The maximum Gasteiger partial charge on any atom is 0.292 e. The third kappa shape index (κ3) is 13.6. The lowest BCUT2D eigenvalue weighted by molar-refractivity contribution is -0.135. The van der Waals surface area contributed by atoms with Gasteiger partial charge in [0.2, 0.25) is 0 Å². The molecule has 0 amide bonds. The summed E-state index contributed by atoms with van der Waals surface area (Å²) in [5.41, 5.74) is 0. The molecule has 0 fully saturated rings. The minimum Gasteiger partial charge on any atom is -0.519 e. The van der Waals surface area contributed by atoms with Crippen LogP contribution >= 0.6 is 0 Å². The molecule has 0 aromatic carbocycles. The molecule has 0 N–H and O–H groups in total. The Morgan fingerprint density at radius 3 is 1.96 bits per heavy atom. The summed E-state index contributed by atoms with van der Waals surface area (Å²) in [7, 11) is -1.80. The van der Waals surface area contributed by atoms with E-state index in [0.29, 0.717) is 6.42 Å². The monoisotopic (exact) mass is 340 g/mol. The number of hydrogen-bond donors (Lipinski definition) is 0. The van der Waals surface area contributed by atoms with E-state index in [0.717, 1.165) is 31.4 Å². The molecule has 3 heteroatoms. The van der Waals surface area contributed by atoms with Crippen molar-refractivity contribution in [3.05, 3.63) is 12.7 Å². The van der Waals surface area contributed by atoms with Crippen LogP contribution in [0, 0.1) is 0 Å². The SMILES string of the molecule is C=CCCCCCCCCC(=O)O[Si](C)(CCCC)CCCC. The molecular formula is C20H40O2Si. The van der Waals surface area contributed by atoms with Gasteiger partial charge in [-0.15, -0.1) is 6.58 Å². The fraction of sp³-hybridized carbons (Fsp3) is 0.850. The molecular weight excluding hydrogens is 300 g/mol. The number of hydrogen-bond acceptors (Lipinski definition) is 2. The zero-order valence-corrected chi connectivity index (χ0v) is 17.0. The predicted molar refractivity (Wildman–Crippen MR) is 104 cm³/mol. The predicted octanol–water partition coefficient (Wildman–Crippen LogP) is 7.01. The van der Waals surface area contributed by atoms with Gasteiger partial charge < -0.3 is 4.43 Å². The number of carbonyl (C=O) groups excluding carboxylic acids is 1. The number of unbranched alkanes of at least 4 members (excludes halogenated alkanes) is 8. The van der Waals surface area contributed by atoms with Gasteiger partial charge in [0.15, 0.2) is 0 Å². The lowest BCUT2D eigenvalue weighted by Gasteiger charge is -2.27. The lowest BCUT2D eigenvalue weighted by Crippen LogP contribution is -2.36. The Morgan fingerprint density at radius 2 is 1.43 bits per heavy atom. The van der Waals surface area contributed by atoms with Crippen LogP contribution in [-0.4, -0.2) is 14.3 Å². The number of allylic oxidation sites excluding steroid dienone is 1. The Hall–Kier alpha value is -0.573. The topological polar surface area (TPSA) is 26.3 Å². The van der Waals surface area contributed by atoms with Gasteiger partial charge in [0.05, 0.1) is 0 Å². The molecule has 0 aliphatic carbocycles. The van der Waals surface area contributed by atoms with Crippen molar-refractivity contribution in [1.82, 2.24) is 0 Å². The molecule has 0 bridgehead atoms. The zero-order valence-electron chi connectivity index (χ0n) is 16.0. The second-order valence-electron chi connectivity index (χ2n) is 7.08. The van der Waals surface area contributed by atoms with Crippen LogP contribution in [-0.2, 0) is 9.22 Å². The van der Waals surface area contributed by atoms with Crippen LogP contribution < -0.4 is 0 Å². The Bertz CT molecular complexity index is 294. The molecule has 0 aromatic rings. The van der Waals surface area contributed by atoms with Crippen molar-refractivity contribution in [3.8, 4) is 0 Å². The zero-order chi connectivity index (χ0) is 17.4. The molecule has 0 atom stereocenters. The molecule has 2 nitrogen and oxygen atoms in total. The van der Waals surface area contributed by atoms with E-state index < -0.39 is 8.32 Å². The molecule has 0 heterocycles. The Balaban J connectivity index is 3.87. The lowest BCUT2D eigenvalue weighted by atomic mass is 10.1. The van der Waals surface area contributed by atoms with Crippen LogP contribution in [0.4, 0.5) is 0 Å². The van der Waals surface area contributed by atoms with Crippen LogP contribution in [0.1, 0.15) is 90.9 Å². The summed E-state index contributed by atoms with van der Waals surface area (Å²) in [6, 6.07) is 2.27. The molecule has 0 radical (unpaired) electrons. The van der Waals surface area contributed by atoms with Gasteiger partial charge in [-0.3, -0.25) is 4.79 Å². The normalized spacial score (nSPS) is 11.4. The fourth-order valence-corrected chi connectivity index (χ4v) is 6.23. The highest BCUT2D eigenvalue weighted by molar-refractivity contribution is 6.73. The molecule has 0 unspecified atom stereocenters. The van der Waals surface area contributed by atoms with Crippen LogP contribution in [0.25, 0.3) is 0 Å². The average molecular weight is 341 g/mol. The van der Waals surface area contributed by atoms with E-state index in [4.69, 9.17) is 4.43 Å². The van der Waals surface area contributed by atoms with Crippen molar-refractivity contribution in [1.29, 1.82) is 0 Å². The summed E-state index contributed by atoms with van der Waals surface area (Å²) in [5, 5.41) is 0. The van der Waals surface area contributed by atoms with Gasteiger partial charge in [-0.1, -0.05) is 71.3 Å². The van der Waals surface area contributed by atoms with Gasteiger partial charge in [-0.05, 0) is 37.9 Å². The van der Waals surface area contributed by atoms with E-state index in [1.165, 1.54) is 51.4 Å². The standard InChI is InChI=1S/C20H40O2Si/c1-5-8-11-12-13-14-15-16-17-20(21)22-23(4,18-9-6-2)19-10-7-3/h5H,1,6-19H2,2-4H3. The molecule has 0 saturated heterocycles. The van der Waals surface area contributed by atoms with Crippen LogP contribution in [0.5, 0.6) is 0 Å². The summed E-state index contributed by atoms with van der Waals surface area (Å²) in [6.45, 7) is 10.4. The largest absolute Gasteiger partial charge is 0.519 e. The molecule has 0 aromatic heterocycles. The van der Waals surface area contributed by atoms with Crippen molar-refractivity contribution in [3.63, 3.8) is 0 Å². The van der Waals surface area contributed by atoms with E-state index in [-0.39, 0.29) is 5.97 Å². The maximum absolute atomic E-state index is 12.2. The van der Waals surface area contributed by atoms with E-state index in [2.05, 4.69) is 27.0 Å². The summed E-state index contributed by atoms with van der Waals surface area (Å²) < 4.78 is 5.99. The first-order valence-corrected chi connectivity index (χ1v) is 12.7. The minimum absolute atomic E-state index is 0.0676. The van der Waals surface area contributed by atoms with E-state index >= 15 is 0 Å². The first-order valence-electron chi connectivity index (χ1n) is 9.90. The Labute approximate surface area is 146 Å². The highest BCUT2D eigenvalue weighted by atomic mass is 28.4. The Kier molecular flexibility index (Phi) is 14.6. The van der Waals surface area contributed by atoms with Crippen molar-refractivity contribution in [2.24, 2.45) is 0 Å². The molecule has 0 aliphatic heterocycles. The molecule has 0 aliphatic rings. The van der Waals surface area contributed by atoms with Crippen molar-refractivity contribution >= 4 is 14.3 Å². The molecule has 23 heavy (non-hydrogen) atoms. The highest BCUT2D eigenvalue weighted by Gasteiger charge is 2.31. The molecule has 0 spiro atoms. The van der Waals surface area contributed by atoms with Gasteiger partial charge >= 0.3 is 0 Å². The summed E-state index contributed by atoms with van der Waals surface area (Å²) in [4.78, 5) is 12.2. The van der Waals surface area contributed by atoms with Gasteiger partial charge in [-0.2, -0.15) is 0 Å². The third-order valence-electron chi connectivity index (χ3n) is 4.52. The third-order valence-corrected chi connectivity index (χ3v) is 8.06. The van der Waals surface area contributed by atoms with Crippen molar-refractivity contribution < 1.29 is 9.22 Å². The molecule has 136 valence electrons. The van der Waals surface area contributed by atoms with Crippen molar-refractivity contribution in [2.45, 2.75) is 110 Å². The first kappa shape index (κ1) is 22.4. The average Bonchev–Trinajstić information content (AvgIpc) is 2.53. The van der Waals surface area contributed by atoms with Gasteiger partial charge in [0, 0.05) is 6.42 Å². The number of rotatable bonds is 16. The summed E-state index contributed by atoms with van der Waals surface area (Å²) in [5.74, 6) is 0.0676. The fourth-order valence-electron chi connectivity index (χ4n) is 2.92. The van der Waals surface area contributed by atoms with Crippen LogP contribution in [0.3, 0.4) is 0 Å². The minimum atomic E-state index is -1.80. The van der Waals surface area contributed by atoms with Gasteiger partial charge in [-0.25, -0.2) is 0 Å². The first-order chi connectivity index (χ1) is 11.1. The maximum atomic E-state index is 12.2.